The Kier molecular flexibility index (Phi) is 5.54. The lowest BCUT2D eigenvalue weighted by molar-refractivity contribution is 0.0664. The summed E-state index contributed by atoms with van der Waals surface area (Å²) in [6, 6.07) is 21.1. The molecule has 7 heteroatoms. The highest BCUT2D eigenvalue weighted by Gasteiger charge is 2.71. The van der Waals surface area contributed by atoms with E-state index < -0.39 is 52.4 Å². The number of hydrogen-bond donors (Lipinski definition) is 0. The van der Waals surface area contributed by atoms with Crippen LogP contribution >= 0.6 is 0 Å². The molecule has 4 aromatic rings. The van der Waals surface area contributed by atoms with E-state index in [-0.39, 0.29) is 22.3 Å². The van der Waals surface area contributed by atoms with Crippen molar-refractivity contribution in [2.24, 2.45) is 5.41 Å². The van der Waals surface area contributed by atoms with Crippen LogP contribution in [0.4, 0.5) is 14.5 Å². The van der Waals surface area contributed by atoms with Gasteiger partial charge in [-0.15, -0.1) is 0 Å². The summed E-state index contributed by atoms with van der Waals surface area (Å²) < 4.78 is 35.5. The Morgan fingerprint density at radius 3 is 2.27 bits per heavy atom. The largest absolute Gasteiger partial charge is 0.497 e. The number of carbonyl (C=O) groups is 3. The number of methoxy groups -OCH3 is 1. The second-order valence-electron chi connectivity index (χ2n) is 10.5. The summed E-state index contributed by atoms with van der Waals surface area (Å²) in [6.07, 6.45) is 3.35. The van der Waals surface area contributed by atoms with Gasteiger partial charge in [0.25, 0.3) is 0 Å². The van der Waals surface area contributed by atoms with Crippen molar-refractivity contribution in [2.45, 2.75) is 18.0 Å². The van der Waals surface area contributed by atoms with Gasteiger partial charge in [-0.2, -0.15) is 0 Å². The molecular formula is C34H23F2NO4. The van der Waals surface area contributed by atoms with Crippen LogP contribution in [0.25, 0.3) is 6.08 Å². The summed E-state index contributed by atoms with van der Waals surface area (Å²) in [5, 5.41) is 0. The monoisotopic (exact) mass is 547 g/mol. The van der Waals surface area contributed by atoms with Gasteiger partial charge in [0.05, 0.1) is 13.2 Å². The second-order valence-corrected chi connectivity index (χ2v) is 10.5. The Hall–Kier alpha value is -4.91. The van der Waals surface area contributed by atoms with Gasteiger partial charge in [0.1, 0.15) is 28.8 Å². The summed E-state index contributed by atoms with van der Waals surface area (Å²) >= 11 is 0. The van der Waals surface area contributed by atoms with Gasteiger partial charge in [-0.3, -0.25) is 14.4 Å². The van der Waals surface area contributed by atoms with Gasteiger partial charge in [0.2, 0.25) is 0 Å². The van der Waals surface area contributed by atoms with Gasteiger partial charge in [-0.1, -0.05) is 66.7 Å². The topological polar surface area (TPSA) is 63.7 Å². The lowest BCUT2D eigenvalue weighted by atomic mass is 9.64. The summed E-state index contributed by atoms with van der Waals surface area (Å²) in [4.78, 5) is 45.5. The molecule has 0 unspecified atom stereocenters. The van der Waals surface area contributed by atoms with Crippen LogP contribution in [0.3, 0.4) is 0 Å². The van der Waals surface area contributed by atoms with Gasteiger partial charge in [0, 0.05) is 33.9 Å². The average molecular weight is 548 g/mol. The number of hydrogen-bond acceptors (Lipinski definition) is 5. The number of Topliss-reactive ketones (excluding diaryl/α,β-unsaturated/α-hetero) is 3. The number of fused-ring (bicyclic) bond motifs is 5. The molecule has 3 atom stereocenters. The van der Waals surface area contributed by atoms with Crippen LogP contribution in [-0.2, 0) is 0 Å². The fourth-order valence-electron chi connectivity index (χ4n) is 6.97. The van der Waals surface area contributed by atoms with E-state index in [1.807, 2.05) is 0 Å². The zero-order valence-electron chi connectivity index (χ0n) is 21.9. The third-order valence-corrected chi connectivity index (χ3v) is 8.63. The van der Waals surface area contributed by atoms with Crippen molar-refractivity contribution in [1.82, 2.24) is 0 Å². The van der Waals surface area contributed by atoms with Crippen molar-refractivity contribution in [3.05, 3.63) is 137 Å². The van der Waals surface area contributed by atoms with Crippen LogP contribution < -0.4 is 9.64 Å². The maximum atomic E-state index is 15.8. The zero-order chi connectivity index (χ0) is 28.5. The highest BCUT2D eigenvalue weighted by atomic mass is 19.1. The molecule has 2 heterocycles. The van der Waals surface area contributed by atoms with Crippen molar-refractivity contribution in [1.29, 1.82) is 0 Å². The molecular weight excluding hydrogens is 524 g/mol. The highest BCUT2D eigenvalue weighted by molar-refractivity contribution is 6.32. The molecule has 0 aromatic heterocycles. The van der Waals surface area contributed by atoms with Crippen LogP contribution in [0, 0.1) is 17.0 Å². The van der Waals surface area contributed by atoms with E-state index in [0.717, 1.165) is 0 Å². The maximum absolute atomic E-state index is 15.8. The van der Waals surface area contributed by atoms with Gasteiger partial charge in [-0.25, -0.2) is 8.78 Å². The van der Waals surface area contributed by atoms with Gasteiger partial charge >= 0.3 is 0 Å². The Bertz CT molecular complexity index is 1780. The maximum Gasteiger partial charge on any atom is 0.186 e. The van der Waals surface area contributed by atoms with Crippen LogP contribution in [0.15, 0.2) is 97.1 Å². The van der Waals surface area contributed by atoms with E-state index in [2.05, 4.69) is 0 Å². The van der Waals surface area contributed by atoms with Crippen molar-refractivity contribution < 1.29 is 27.9 Å². The Balaban J connectivity index is 1.56. The SMILES string of the molecule is COc1cccc(C(=O)[C@H]2[C@H](c3ccccc3F)C3(C(=O)c4ccccc4C3=O)[C@H]3C=Cc4cc(F)ccc4N23)c1. The minimum Gasteiger partial charge on any atom is -0.497 e. The van der Waals surface area contributed by atoms with E-state index in [0.29, 0.717) is 17.0 Å². The molecule has 3 aliphatic rings. The molecule has 0 amide bonds. The fourth-order valence-corrected chi connectivity index (χ4v) is 6.97. The molecule has 202 valence electrons. The summed E-state index contributed by atoms with van der Waals surface area (Å²) in [5.74, 6) is -3.18. The van der Waals surface area contributed by atoms with Crippen LogP contribution in [0.2, 0.25) is 0 Å². The predicted octanol–water partition coefficient (Wildman–Crippen LogP) is 6.29. The zero-order valence-corrected chi connectivity index (χ0v) is 21.9. The molecule has 41 heavy (non-hydrogen) atoms. The Labute approximate surface area is 234 Å². The number of ketones is 3. The number of halogens is 2. The number of anilines is 1. The number of ether oxygens (including phenoxy) is 1. The average Bonchev–Trinajstić information content (AvgIpc) is 3.43. The Morgan fingerprint density at radius 1 is 0.854 bits per heavy atom. The first kappa shape index (κ1) is 25.1. The van der Waals surface area contributed by atoms with Crippen LogP contribution in [0.5, 0.6) is 5.75 Å². The second kappa shape index (κ2) is 9.06. The number of benzene rings is 4. The van der Waals surface area contributed by atoms with Crippen molar-refractivity contribution in [3.8, 4) is 5.75 Å². The summed E-state index contributed by atoms with van der Waals surface area (Å²) in [6.45, 7) is 0. The van der Waals surface area contributed by atoms with Gasteiger partial charge in [0.15, 0.2) is 17.3 Å². The molecule has 2 aliphatic heterocycles. The van der Waals surface area contributed by atoms with E-state index in [4.69, 9.17) is 4.74 Å². The number of rotatable bonds is 4. The third kappa shape index (κ3) is 3.35. The van der Waals surface area contributed by atoms with E-state index in [9.17, 15) is 18.8 Å². The predicted molar refractivity (Wildman–Crippen MR) is 149 cm³/mol. The first-order valence-electron chi connectivity index (χ1n) is 13.3. The van der Waals surface area contributed by atoms with Gasteiger partial charge in [-0.05, 0) is 42.0 Å². The van der Waals surface area contributed by atoms with Gasteiger partial charge < -0.3 is 9.64 Å². The lowest BCUT2D eigenvalue weighted by Gasteiger charge is -2.37. The Morgan fingerprint density at radius 2 is 1.56 bits per heavy atom. The normalized spacial score (nSPS) is 21.5. The number of nitrogens with zero attached hydrogens (tertiary/aromatic N) is 1. The minimum absolute atomic E-state index is 0.0923. The van der Waals surface area contributed by atoms with Crippen LogP contribution in [0.1, 0.15) is 48.1 Å². The molecule has 7 rings (SSSR count). The van der Waals surface area contributed by atoms with Crippen LogP contribution in [-0.4, -0.2) is 36.5 Å². The quantitative estimate of drug-likeness (QED) is 0.222. The molecule has 4 aromatic carbocycles. The summed E-state index contributed by atoms with van der Waals surface area (Å²) in [5.41, 5.74) is -0.0134. The minimum atomic E-state index is -1.84. The molecule has 0 radical (unpaired) electrons. The van der Waals surface area contributed by atoms with E-state index in [1.165, 1.54) is 37.4 Å². The molecule has 1 spiro atoms. The van der Waals surface area contributed by atoms with Crippen molar-refractivity contribution in [3.63, 3.8) is 0 Å². The first-order valence-corrected chi connectivity index (χ1v) is 13.3. The molecule has 0 N–H and O–H groups in total. The van der Waals surface area contributed by atoms with Crippen molar-refractivity contribution in [2.75, 3.05) is 12.0 Å². The molecule has 0 saturated carbocycles. The third-order valence-electron chi connectivity index (χ3n) is 8.63. The standard InChI is InChI=1S/C34H23F2NO4/c1-41-22-8-6-7-20(18-22)31(38)30-29(25-11-4-5-12-26(25)36)34(32(39)23-9-2-3-10-24(23)33(34)40)28-16-13-19-17-21(35)14-15-27(19)37(28)30/h2-18,28-30H,1H3/t28-,29+,30-/m1/s1. The molecule has 1 fully saturated rings. The molecule has 1 saturated heterocycles. The number of carbonyl (C=O) groups excluding carboxylic acids is 3. The lowest BCUT2D eigenvalue weighted by Crippen LogP contribution is -2.48. The van der Waals surface area contributed by atoms with Crippen molar-refractivity contribution >= 4 is 29.1 Å². The summed E-state index contributed by atoms with van der Waals surface area (Å²) in [7, 11) is 1.49. The smallest absolute Gasteiger partial charge is 0.186 e. The highest BCUT2D eigenvalue weighted by Crippen LogP contribution is 2.61. The molecule has 0 bridgehead atoms. The first-order chi connectivity index (χ1) is 19.9. The fraction of sp³-hybridized carbons (Fsp3) is 0.147. The van der Waals surface area contributed by atoms with E-state index >= 15 is 4.39 Å². The molecule has 5 nitrogen and oxygen atoms in total. The van der Waals surface area contributed by atoms with E-state index in [1.54, 1.807) is 77.7 Å². The molecule has 1 aliphatic carbocycles.